The zero-order valence-corrected chi connectivity index (χ0v) is 19.9. The largest absolute Gasteiger partial charge is 0.513 e. The van der Waals surface area contributed by atoms with Crippen LogP contribution in [0.3, 0.4) is 0 Å². The Morgan fingerprint density at radius 3 is 2.57 bits per heavy atom. The summed E-state index contributed by atoms with van der Waals surface area (Å²) in [4.78, 5) is 22.6. The summed E-state index contributed by atoms with van der Waals surface area (Å²) >= 11 is 6.43. The molecule has 0 bridgehead atoms. The molecule has 0 aliphatic heterocycles. The van der Waals surface area contributed by atoms with Crippen molar-refractivity contribution in [1.82, 2.24) is 15.3 Å². The van der Waals surface area contributed by atoms with Crippen LogP contribution in [0.15, 0.2) is 79.5 Å². The van der Waals surface area contributed by atoms with E-state index in [2.05, 4.69) is 37.8 Å². The number of aliphatic hydroxyl groups is 1. The van der Waals surface area contributed by atoms with E-state index in [9.17, 15) is 9.90 Å². The molecule has 0 atom stereocenters. The molecule has 1 aliphatic rings. The molecule has 0 saturated heterocycles. The molecular weight excluding hydrogens is 466 g/mol. The number of urea groups is 1. The molecule has 0 radical (unpaired) electrons. The van der Waals surface area contributed by atoms with Gasteiger partial charge in [0, 0.05) is 24.8 Å². The second kappa shape index (κ2) is 10.8. The second-order valence-corrected chi connectivity index (χ2v) is 8.35. The Morgan fingerprint density at radius 1 is 1.11 bits per heavy atom. The first kappa shape index (κ1) is 23.9. The fourth-order valence-electron chi connectivity index (χ4n) is 3.25. The van der Waals surface area contributed by atoms with Crippen LogP contribution in [0, 0.1) is 0 Å². The van der Waals surface area contributed by atoms with Crippen molar-refractivity contribution in [2.45, 2.75) is 18.9 Å². The van der Waals surface area contributed by atoms with E-state index >= 15 is 0 Å². The summed E-state index contributed by atoms with van der Waals surface area (Å²) in [6, 6.07) is 14.7. The SMILES string of the molecule is C=C/C(=C/O)Nc1ccccc1Nc1cc(N(C)c2ccc(NC(=O)NC3CC3)c(Cl)c2)ncn1. The summed E-state index contributed by atoms with van der Waals surface area (Å²) in [5.41, 5.74) is 3.28. The number of anilines is 6. The van der Waals surface area contributed by atoms with Crippen molar-refractivity contribution in [2.24, 2.45) is 0 Å². The molecule has 2 aromatic carbocycles. The smallest absolute Gasteiger partial charge is 0.319 e. The molecule has 3 aromatic rings. The molecule has 9 nitrogen and oxygen atoms in total. The van der Waals surface area contributed by atoms with Crippen LogP contribution in [0.5, 0.6) is 0 Å². The highest BCUT2D eigenvalue weighted by Crippen LogP contribution is 2.32. The lowest BCUT2D eigenvalue weighted by molar-refractivity contribution is 0.251. The van der Waals surface area contributed by atoms with E-state index in [1.807, 2.05) is 42.3 Å². The number of para-hydroxylation sites is 2. The molecule has 0 spiro atoms. The Bertz CT molecular complexity index is 1260. The average Bonchev–Trinajstić information content (AvgIpc) is 3.68. The van der Waals surface area contributed by atoms with E-state index in [-0.39, 0.29) is 12.1 Å². The number of carbonyl (C=O) groups excluding carboxylic acids is 1. The molecule has 4 rings (SSSR count). The molecule has 1 saturated carbocycles. The standard InChI is InChI=1S/C25H26ClN7O2/c1-3-16(14-34)29-21-6-4-5-7-22(21)31-23-13-24(28-15-27-23)33(2)18-10-11-20(19(26)12-18)32-25(35)30-17-8-9-17/h3-7,10-15,17,29,34H,1,8-9H2,2H3,(H,27,28,31)(H2,30,32,35)/b16-14-. The van der Waals surface area contributed by atoms with E-state index < -0.39 is 0 Å². The molecule has 5 N–H and O–H groups in total. The van der Waals surface area contributed by atoms with Crippen molar-refractivity contribution in [1.29, 1.82) is 0 Å². The van der Waals surface area contributed by atoms with E-state index in [1.54, 1.807) is 18.2 Å². The maximum absolute atomic E-state index is 12.0. The van der Waals surface area contributed by atoms with Gasteiger partial charge < -0.3 is 31.3 Å². The van der Waals surface area contributed by atoms with Crippen LogP contribution in [0.2, 0.25) is 5.02 Å². The average molecular weight is 492 g/mol. The zero-order valence-electron chi connectivity index (χ0n) is 19.1. The number of hydrogen-bond donors (Lipinski definition) is 5. The molecule has 1 aliphatic carbocycles. The molecule has 1 aromatic heterocycles. The van der Waals surface area contributed by atoms with E-state index in [0.29, 0.717) is 28.0 Å². The fourth-order valence-corrected chi connectivity index (χ4v) is 3.47. The second-order valence-electron chi connectivity index (χ2n) is 7.94. The predicted octanol–water partition coefficient (Wildman–Crippen LogP) is 5.92. The van der Waals surface area contributed by atoms with Gasteiger partial charge in [0.25, 0.3) is 0 Å². The van der Waals surface area contributed by atoms with Gasteiger partial charge in [-0.15, -0.1) is 0 Å². The summed E-state index contributed by atoms with van der Waals surface area (Å²) < 4.78 is 0. The molecule has 10 heteroatoms. The number of halogens is 1. The summed E-state index contributed by atoms with van der Waals surface area (Å²) in [6.07, 6.45) is 5.95. The van der Waals surface area contributed by atoms with Crippen LogP contribution in [0.4, 0.5) is 39.2 Å². The lowest BCUT2D eigenvalue weighted by Gasteiger charge is -2.20. The first-order valence-corrected chi connectivity index (χ1v) is 11.4. The van der Waals surface area contributed by atoms with Gasteiger partial charge >= 0.3 is 6.03 Å². The Hall–Kier alpha value is -4.24. The third kappa shape index (κ3) is 6.21. The predicted molar refractivity (Wildman–Crippen MR) is 141 cm³/mol. The van der Waals surface area contributed by atoms with Crippen LogP contribution < -0.4 is 26.2 Å². The molecule has 2 amide bonds. The van der Waals surface area contributed by atoms with Crippen molar-refractivity contribution in [3.63, 3.8) is 0 Å². The molecule has 0 unspecified atom stereocenters. The summed E-state index contributed by atoms with van der Waals surface area (Å²) in [5, 5.41) is 21.8. The third-order valence-electron chi connectivity index (χ3n) is 5.32. The summed E-state index contributed by atoms with van der Waals surface area (Å²) in [7, 11) is 1.86. The van der Waals surface area contributed by atoms with Crippen molar-refractivity contribution in [3.8, 4) is 0 Å². The molecule has 1 heterocycles. The highest BCUT2D eigenvalue weighted by Gasteiger charge is 2.23. The topological polar surface area (TPSA) is 114 Å². The van der Waals surface area contributed by atoms with Gasteiger partial charge in [-0.25, -0.2) is 14.8 Å². The lowest BCUT2D eigenvalue weighted by Crippen LogP contribution is -2.30. The van der Waals surface area contributed by atoms with Crippen LogP contribution >= 0.6 is 11.6 Å². The first-order valence-electron chi connectivity index (χ1n) is 11.0. The monoisotopic (exact) mass is 491 g/mol. The number of hydrogen-bond acceptors (Lipinski definition) is 7. The zero-order chi connectivity index (χ0) is 24.8. The highest BCUT2D eigenvalue weighted by atomic mass is 35.5. The number of aliphatic hydroxyl groups excluding tert-OH is 1. The fraction of sp³-hybridized carbons (Fsp3) is 0.160. The summed E-state index contributed by atoms with van der Waals surface area (Å²) in [5.74, 6) is 1.21. The van der Waals surface area contributed by atoms with Crippen molar-refractivity contribution in [2.75, 3.05) is 27.9 Å². The van der Waals surface area contributed by atoms with Crippen molar-refractivity contribution >= 4 is 52.0 Å². The van der Waals surface area contributed by atoms with Crippen LogP contribution in [0.1, 0.15) is 12.8 Å². The van der Waals surface area contributed by atoms with Gasteiger partial charge in [-0.05, 0) is 49.2 Å². The number of allylic oxidation sites excluding steroid dienone is 1. The van der Waals surface area contributed by atoms with E-state index in [1.165, 1.54) is 12.4 Å². The van der Waals surface area contributed by atoms with Crippen LogP contribution in [-0.4, -0.2) is 34.2 Å². The minimum Gasteiger partial charge on any atom is -0.513 e. The Labute approximate surface area is 208 Å². The number of amides is 2. The minimum atomic E-state index is -0.258. The first-order chi connectivity index (χ1) is 17.0. The Kier molecular flexibility index (Phi) is 7.37. The van der Waals surface area contributed by atoms with Crippen molar-refractivity contribution < 1.29 is 9.90 Å². The molecular formula is C25H26ClN7O2. The van der Waals surface area contributed by atoms with E-state index in [0.717, 1.165) is 36.2 Å². The Balaban J connectivity index is 1.49. The van der Waals surface area contributed by atoms with Gasteiger partial charge in [0.15, 0.2) is 0 Å². The maximum atomic E-state index is 12.0. The van der Waals surface area contributed by atoms with Gasteiger partial charge in [-0.2, -0.15) is 0 Å². The number of carbonyl (C=O) groups is 1. The van der Waals surface area contributed by atoms with Crippen molar-refractivity contribution in [3.05, 3.63) is 84.5 Å². The molecule has 1 fully saturated rings. The number of rotatable bonds is 9. The van der Waals surface area contributed by atoms with Gasteiger partial charge in [0.05, 0.1) is 27.8 Å². The third-order valence-corrected chi connectivity index (χ3v) is 5.64. The van der Waals surface area contributed by atoms with Crippen LogP contribution in [0.25, 0.3) is 0 Å². The molecule has 35 heavy (non-hydrogen) atoms. The van der Waals surface area contributed by atoms with E-state index in [4.69, 9.17) is 11.6 Å². The van der Waals surface area contributed by atoms with Gasteiger partial charge in [0.2, 0.25) is 0 Å². The molecule has 180 valence electrons. The van der Waals surface area contributed by atoms with Crippen LogP contribution in [-0.2, 0) is 0 Å². The van der Waals surface area contributed by atoms with Gasteiger partial charge in [0.1, 0.15) is 24.2 Å². The normalized spacial score (nSPS) is 13.0. The lowest BCUT2D eigenvalue weighted by atomic mass is 10.2. The quantitative estimate of drug-likeness (QED) is 0.186. The number of benzene rings is 2. The number of aromatic nitrogens is 2. The number of nitrogens with one attached hydrogen (secondary N) is 4. The maximum Gasteiger partial charge on any atom is 0.319 e. The number of nitrogens with zero attached hydrogens (tertiary/aromatic N) is 3. The van der Waals surface area contributed by atoms with Gasteiger partial charge in [-0.1, -0.05) is 30.3 Å². The summed E-state index contributed by atoms with van der Waals surface area (Å²) in [6.45, 7) is 3.67. The highest BCUT2D eigenvalue weighted by molar-refractivity contribution is 6.34. The minimum absolute atomic E-state index is 0.258. The Morgan fingerprint density at radius 2 is 1.89 bits per heavy atom. The van der Waals surface area contributed by atoms with Gasteiger partial charge in [-0.3, -0.25) is 0 Å².